The lowest BCUT2D eigenvalue weighted by atomic mass is 9.96. The monoisotopic (exact) mass is 317 g/mol. The lowest BCUT2D eigenvalue weighted by Gasteiger charge is -2.17. The van der Waals surface area contributed by atoms with E-state index in [0.29, 0.717) is 12.2 Å². The van der Waals surface area contributed by atoms with Gasteiger partial charge in [0.15, 0.2) is 0 Å². The van der Waals surface area contributed by atoms with Gasteiger partial charge in [-0.2, -0.15) is 0 Å². The van der Waals surface area contributed by atoms with E-state index in [1.165, 1.54) is 0 Å². The molecule has 3 amide bonds. The third-order valence-corrected chi connectivity index (χ3v) is 3.73. The van der Waals surface area contributed by atoms with Crippen LogP contribution in [0.4, 0.5) is 11.4 Å². The Labute approximate surface area is 136 Å². The SMILES string of the molecule is CC(=O)N1CCc2cc(NC(=O)CNC(=O)C(C)(C)C)ccc21. The number of rotatable bonds is 3. The van der Waals surface area contributed by atoms with Gasteiger partial charge in [-0.15, -0.1) is 0 Å². The molecule has 0 saturated carbocycles. The summed E-state index contributed by atoms with van der Waals surface area (Å²) in [6.07, 6.45) is 0.777. The molecule has 0 fully saturated rings. The fraction of sp³-hybridized carbons (Fsp3) is 0.471. The maximum absolute atomic E-state index is 11.9. The largest absolute Gasteiger partial charge is 0.347 e. The number of carbonyl (C=O) groups is 3. The predicted molar refractivity (Wildman–Crippen MR) is 89.3 cm³/mol. The van der Waals surface area contributed by atoms with E-state index in [2.05, 4.69) is 10.6 Å². The summed E-state index contributed by atoms with van der Waals surface area (Å²) in [5, 5.41) is 5.38. The Balaban J connectivity index is 1.96. The number of amides is 3. The van der Waals surface area contributed by atoms with Crippen molar-refractivity contribution in [1.82, 2.24) is 5.32 Å². The first-order valence-corrected chi connectivity index (χ1v) is 7.67. The van der Waals surface area contributed by atoms with Crippen molar-refractivity contribution in [3.8, 4) is 0 Å². The summed E-state index contributed by atoms with van der Waals surface area (Å²) in [7, 11) is 0. The van der Waals surface area contributed by atoms with Crippen LogP contribution in [0.15, 0.2) is 18.2 Å². The predicted octanol–water partition coefficient (Wildman–Crippen LogP) is 1.70. The molecular formula is C17H23N3O3. The first-order valence-electron chi connectivity index (χ1n) is 7.67. The van der Waals surface area contributed by atoms with Crippen molar-refractivity contribution in [3.63, 3.8) is 0 Å². The molecule has 1 aromatic rings. The van der Waals surface area contributed by atoms with Crippen LogP contribution in [0, 0.1) is 5.41 Å². The molecule has 23 heavy (non-hydrogen) atoms. The van der Waals surface area contributed by atoms with E-state index < -0.39 is 5.41 Å². The fourth-order valence-corrected chi connectivity index (χ4v) is 2.44. The molecule has 0 aliphatic carbocycles. The summed E-state index contributed by atoms with van der Waals surface area (Å²) >= 11 is 0. The van der Waals surface area contributed by atoms with Crippen molar-refractivity contribution in [2.75, 3.05) is 23.3 Å². The van der Waals surface area contributed by atoms with Crippen LogP contribution in [0.5, 0.6) is 0 Å². The molecule has 0 spiro atoms. The highest BCUT2D eigenvalue weighted by molar-refractivity contribution is 5.97. The first-order chi connectivity index (χ1) is 10.7. The maximum Gasteiger partial charge on any atom is 0.243 e. The second-order valence-corrected chi connectivity index (χ2v) is 6.75. The smallest absolute Gasteiger partial charge is 0.243 e. The summed E-state index contributed by atoms with van der Waals surface area (Å²) in [5.41, 5.74) is 2.08. The molecule has 2 rings (SSSR count). The normalized spacial score (nSPS) is 13.5. The first kappa shape index (κ1) is 17.0. The minimum atomic E-state index is -0.524. The Morgan fingerprint density at radius 2 is 1.91 bits per heavy atom. The Morgan fingerprint density at radius 3 is 2.52 bits per heavy atom. The van der Waals surface area contributed by atoms with Crippen LogP contribution in [-0.2, 0) is 20.8 Å². The highest BCUT2D eigenvalue weighted by Gasteiger charge is 2.23. The highest BCUT2D eigenvalue weighted by atomic mass is 16.2. The van der Waals surface area contributed by atoms with Gasteiger partial charge < -0.3 is 15.5 Å². The Morgan fingerprint density at radius 1 is 1.22 bits per heavy atom. The molecule has 1 aromatic carbocycles. The number of carbonyl (C=O) groups excluding carboxylic acids is 3. The van der Waals surface area contributed by atoms with Crippen molar-refractivity contribution in [3.05, 3.63) is 23.8 Å². The Bertz CT molecular complexity index is 647. The van der Waals surface area contributed by atoms with Gasteiger partial charge >= 0.3 is 0 Å². The molecule has 2 N–H and O–H groups in total. The molecule has 1 heterocycles. The highest BCUT2D eigenvalue weighted by Crippen LogP contribution is 2.30. The van der Waals surface area contributed by atoms with Crippen LogP contribution in [-0.4, -0.2) is 30.8 Å². The molecule has 0 radical (unpaired) electrons. The van der Waals surface area contributed by atoms with E-state index in [1.807, 2.05) is 12.1 Å². The number of nitrogens with one attached hydrogen (secondary N) is 2. The van der Waals surface area contributed by atoms with Gasteiger partial charge in [0.25, 0.3) is 0 Å². The third-order valence-electron chi connectivity index (χ3n) is 3.73. The molecule has 124 valence electrons. The molecule has 6 nitrogen and oxygen atoms in total. The topological polar surface area (TPSA) is 78.5 Å². The zero-order valence-electron chi connectivity index (χ0n) is 14.0. The lowest BCUT2D eigenvalue weighted by molar-refractivity contribution is -0.130. The molecular weight excluding hydrogens is 294 g/mol. The maximum atomic E-state index is 11.9. The van der Waals surface area contributed by atoms with E-state index in [4.69, 9.17) is 0 Å². The number of hydrogen-bond donors (Lipinski definition) is 2. The van der Waals surface area contributed by atoms with Crippen LogP contribution in [0.25, 0.3) is 0 Å². The van der Waals surface area contributed by atoms with Crippen LogP contribution in [0.3, 0.4) is 0 Å². The number of benzene rings is 1. The van der Waals surface area contributed by atoms with Crippen molar-refractivity contribution in [2.45, 2.75) is 34.1 Å². The van der Waals surface area contributed by atoms with Crippen LogP contribution >= 0.6 is 0 Å². The summed E-state index contributed by atoms with van der Waals surface area (Å²) in [5.74, 6) is -0.423. The van der Waals surface area contributed by atoms with E-state index in [1.54, 1.807) is 38.7 Å². The van der Waals surface area contributed by atoms with Crippen molar-refractivity contribution in [1.29, 1.82) is 0 Å². The Hall–Kier alpha value is -2.37. The van der Waals surface area contributed by atoms with Gasteiger partial charge in [0.2, 0.25) is 17.7 Å². The molecule has 0 atom stereocenters. The molecule has 0 saturated heterocycles. The van der Waals surface area contributed by atoms with E-state index >= 15 is 0 Å². The van der Waals surface area contributed by atoms with E-state index in [0.717, 1.165) is 17.7 Å². The molecule has 6 heteroatoms. The average molecular weight is 317 g/mol. The quantitative estimate of drug-likeness (QED) is 0.890. The molecule has 1 aliphatic heterocycles. The van der Waals surface area contributed by atoms with Gasteiger partial charge in [-0.05, 0) is 30.2 Å². The van der Waals surface area contributed by atoms with Crippen molar-refractivity contribution < 1.29 is 14.4 Å². The number of fused-ring (bicyclic) bond motifs is 1. The molecule has 0 bridgehead atoms. The van der Waals surface area contributed by atoms with Crippen LogP contribution < -0.4 is 15.5 Å². The van der Waals surface area contributed by atoms with Crippen molar-refractivity contribution >= 4 is 29.1 Å². The van der Waals surface area contributed by atoms with E-state index in [9.17, 15) is 14.4 Å². The average Bonchev–Trinajstić information content (AvgIpc) is 2.86. The molecule has 0 aromatic heterocycles. The molecule has 0 unspecified atom stereocenters. The van der Waals surface area contributed by atoms with Gasteiger partial charge in [-0.1, -0.05) is 20.8 Å². The van der Waals surface area contributed by atoms with Gasteiger partial charge in [-0.3, -0.25) is 14.4 Å². The second kappa shape index (κ2) is 6.40. The van der Waals surface area contributed by atoms with Gasteiger partial charge in [0.05, 0.1) is 6.54 Å². The van der Waals surface area contributed by atoms with Crippen LogP contribution in [0.1, 0.15) is 33.3 Å². The zero-order chi connectivity index (χ0) is 17.2. The summed E-state index contributed by atoms with van der Waals surface area (Å²) in [6.45, 7) is 7.53. The number of nitrogens with zero attached hydrogens (tertiary/aromatic N) is 1. The van der Waals surface area contributed by atoms with E-state index in [-0.39, 0.29) is 24.3 Å². The third kappa shape index (κ3) is 4.09. The number of hydrogen-bond acceptors (Lipinski definition) is 3. The van der Waals surface area contributed by atoms with Gasteiger partial charge in [0, 0.05) is 30.3 Å². The van der Waals surface area contributed by atoms with Gasteiger partial charge in [0.1, 0.15) is 0 Å². The standard InChI is InChI=1S/C17H23N3O3/c1-11(21)20-8-7-12-9-13(5-6-14(12)20)19-15(22)10-18-16(23)17(2,3)4/h5-6,9H,7-8,10H2,1-4H3,(H,18,23)(H,19,22). The fourth-order valence-electron chi connectivity index (χ4n) is 2.44. The van der Waals surface area contributed by atoms with Gasteiger partial charge in [-0.25, -0.2) is 0 Å². The Kier molecular flexibility index (Phi) is 4.73. The summed E-state index contributed by atoms with van der Waals surface area (Å²) in [6, 6.07) is 5.48. The lowest BCUT2D eigenvalue weighted by Crippen LogP contribution is -2.39. The minimum absolute atomic E-state index is 0.0189. The minimum Gasteiger partial charge on any atom is -0.347 e. The summed E-state index contributed by atoms with van der Waals surface area (Å²) < 4.78 is 0. The summed E-state index contributed by atoms with van der Waals surface area (Å²) in [4.78, 5) is 36.9. The zero-order valence-corrected chi connectivity index (χ0v) is 14.0. The van der Waals surface area contributed by atoms with Crippen molar-refractivity contribution in [2.24, 2.45) is 5.41 Å². The molecule has 1 aliphatic rings. The second-order valence-electron chi connectivity index (χ2n) is 6.75. The van der Waals surface area contributed by atoms with Crippen LogP contribution in [0.2, 0.25) is 0 Å². The number of anilines is 2.